The van der Waals surface area contributed by atoms with Crippen molar-refractivity contribution in [2.24, 2.45) is 11.8 Å². The molecule has 3 aromatic heterocycles. The van der Waals surface area contributed by atoms with Gasteiger partial charge in [0.1, 0.15) is 23.7 Å². The van der Waals surface area contributed by atoms with Gasteiger partial charge in [-0.25, -0.2) is 19.6 Å². The Morgan fingerprint density at radius 2 is 1.36 bits per heavy atom. The molecule has 58 heavy (non-hydrogen) atoms. The minimum atomic E-state index is -0.721. The van der Waals surface area contributed by atoms with E-state index >= 15 is 0 Å². The van der Waals surface area contributed by atoms with E-state index in [1.54, 1.807) is 11.3 Å². The number of carbonyl (C=O) groups is 4. The maximum atomic E-state index is 13.9. The van der Waals surface area contributed by atoms with Crippen molar-refractivity contribution in [1.82, 2.24) is 40.4 Å². The highest BCUT2D eigenvalue weighted by Crippen LogP contribution is 2.46. The number of ether oxygens (including phenoxy) is 3. The van der Waals surface area contributed by atoms with Crippen LogP contribution < -0.4 is 10.6 Å². The van der Waals surface area contributed by atoms with E-state index in [1.807, 2.05) is 36.0 Å². The summed E-state index contributed by atoms with van der Waals surface area (Å²) in [7, 11) is 2.60. The SMILES string of the molecule is COC(=O)NC(C(=O)N1CCC[C@H]1c1ncc(-c2ccc(-c3sc(-c4cnc([C@@H]5CCCN5C(=O)[C@@H](NC(=O)OC)C(C)C)[nH]4)c4c3CCC4)cc2)[nH]1)C1CCOC1. The summed E-state index contributed by atoms with van der Waals surface area (Å²) < 4.78 is 15.2. The van der Waals surface area contributed by atoms with Crippen LogP contribution in [-0.2, 0) is 36.6 Å². The fraction of sp³-hybridized carbons (Fsp3) is 0.524. The zero-order valence-electron chi connectivity index (χ0n) is 33.5. The van der Waals surface area contributed by atoms with E-state index in [2.05, 4.69) is 44.9 Å². The molecule has 1 aliphatic carbocycles. The second-order valence-corrected chi connectivity index (χ2v) is 17.0. The molecular formula is C42H52N8O7S. The van der Waals surface area contributed by atoms with Gasteiger partial charge < -0.3 is 44.6 Å². The Morgan fingerprint density at radius 3 is 1.98 bits per heavy atom. The van der Waals surface area contributed by atoms with Gasteiger partial charge in [-0.1, -0.05) is 38.1 Å². The van der Waals surface area contributed by atoms with E-state index in [9.17, 15) is 19.2 Å². The number of nitrogens with one attached hydrogen (secondary N) is 4. The lowest BCUT2D eigenvalue weighted by molar-refractivity contribution is -0.136. The molecule has 3 saturated heterocycles. The number of methoxy groups -OCH3 is 2. The fourth-order valence-corrected chi connectivity index (χ4v) is 10.4. The summed E-state index contributed by atoms with van der Waals surface area (Å²) in [4.78, 5) is 74.6. The number of hydrogen-bond donors (Lipinski definition) is 4. The topological polar surface area (TPSA) is 184 Å². The molecule has 3 fully saturated rings. The van der Waals surface area contributed by atoms with Crippen LogP contribution in [0.3, 0.4) is 0 Å². The van der Waals surface area contributed by atoms with Crippen LogP contribution in [0.1, 0.15) is 87.2 Å². The third kappa shape index (κ3) is 7.71. The number of thiophene rings is 1. The fourth-order valence-electron chi connectivity index (χ4n) is 9.07. The molecule has 4 aromatic rings. The maximum Gasteiger partial charge on any atom is 0.407 e. The Labute approximate surface area is 341 Å². The van der Waals surface area contributed by atoms with Gasteiger partial charge in [0.2, 0.25) is 11.8 Å². The number of likely N-dealkylation sites (tertiary alicyclic amines) is 2. The molecule has 4 aliphatic rings. The summed E-state index contributed by atoms with van der Waals surface area (Å²) in [5.41, 5.74) is 6.72. The first-order chi connectivity index (χ1) is 28.1. The molecule has 16 heteroatoms. The summed E-state index contributed by atoms with van der Waals surface area (Å²) in [5, 5.41) is 5.49. The van der Waals surface area contributed by atoms with Crippen molar-refractivity contribution in [3.05, 3.63) is 59.4 Å². The largest absolute Gasteiger partial charge is 0.453 e. The molecule has 6 heterocycles. The van der Waals surface area contributed by atoms with Crippen LogP contribution >= 0.6 is 11.3 Å². The van der Waals surface area contributed by atoms with Crippen LogP contribution in [0.4, 0.5) is 9.59 Å². The third-order valence-corrected chi connectivity index (χ3v) is 13.5. The quantitative estimate of drug-likeness (QED) is 0.138. The van der Waals surface area contributed by atoms with E-state index in [0.29, 0.717) is 32.7 Å². The molecule has 3 aliphatic heterocycles. The number of benzene rings is 1. The Hall–Kier alpha value is -5.22. The van der Waals surface area contributed by atoms with Crippen LogP contribution in [0.5, 0.6) is 0 Å². The summed E-state index contributed by atoms with van der Waals surface area (Å²) in [6.45, 7) is 6.00. The van der Waals surface area contributed by atoms with Crippen LogP contribution in [0.2, 0.25) is 0 Å². The molecule has 0 saturated carbocycles. The first kappa shape index (κ1) is 39.6. The second-order valence-electron chi connectivity index (χ2n) is 16.0. The normalized spacial score (nSPS) is 21.3. The van der Waals surface area contributed by atoms with E-state index in [4.69, 9.17) is 24.2 Å². The smallest absolute Gasteiger partial charge is 0.407 e. The molecule has 5 atom stereocenters. The molecule has 308 valence electrons. The third-order valence-electron chi connectivity index (χ3n) is 12.1. The standard InChI is InChI=1S/C42H52N8O7S/c1-23(2)33(47-41(53)55-3)39(51)49-17-6-11-32(49)38-44-21-30(46-38)36-28-9-5-8-27(28)35(58-36)25-14-12-24(13-15-25)29-20-43-37(45-29)31-10-7-18-50(31)40(52)34(48-42(54)56-4)26-16-19-57-22-26/h12-15,20-21,23,26,31-34H,5-11,16-19,22H2,1-4H3,(H,43,45)(H,44,46)(H,47,53)(H,48,54)/t26?,31-,32-,33-,34?/m0/s1. The highest BCUT2D eigenvalue weighted by Gasteiger charge is 2.41. The Morgan fingerprint density at radius 1 is 0.776 bits per heavy atom. The number of imidazole rings is 2. The molecule has 0 spiro atoms. The van der Waals surface area contributed by atoms with Gasteiger partial charge in [0.15, 0.2) is 0 Å². The lowest BCUT2D eigenvalue weighted by Gasteiger charge is -2.30. The van der Waals surface area contributed by atoms with Gasteiger partial charge in [-0.2, -0.15) is 0 Å². The number of hydrogen-bond acceptors (Lipinski definition) is 10. The van der Waals surface area contributed by atoms with Crippen molar-refractivity contribution in [3.8, 4) is 32.3 Å². The van der Waals surface area contributed by atoms with Gasteiger partial charge in [-0.05, 0) is 79.5 Å². The molecule has 0 bridgehead atoms. The average molecular weight is 813 g/mol. The second kappa shape index (κ2) is 16.9. The zero-order valence-corrected chi connectivity index (χ0v) is 34.3. The predicted octanol–water partition coefficient (Wildman–Crippen LogP) is 6.15. The summed E-state index contributed by atoms with van der Waals surface area (Å²) in [5.74, 6) is 1.01. The molecule has 15 nitrogen and oxygen atoms in total. The van der Waals surface area contributed by atoms with Crippen LogP contribution in [0.25, 0.3) is 32.3 Å². The number of fused-ring (bicyclic) bond motifs is 1. The lowest BCUT2D eigenvalue weighted by atomic mass is 9.97. The van der Waals surface area contributed by atoms with E-state index < -0.39 is 24.3 Å². The molecule has 4 amide bonds. The first-order valence-electron chi connectivity index (χ1n) is 20.4. The minimum absolute atomic E-state index is 0.104. The molecular weight excluding hydrogens is 761 g/mol. The van der Waals surface area contributed by atoms with Gasteiger partial charge >= 0.3 is 12.2 Å². The number of alkyl carbamates (subject to hydrolysis) is 2. The number of rotatable bonds is 11. The summed E-state index contributed by atoms with van der Waals surface area (Å²) >= 11 is 1.78. The van der Waals surface area contributed by atoms with Crippen molar-refractivity contribution in [3.63, 3.8) is 0 Å². The average Bonchev–Trinajstić information content (AvgIpc) is 4.09. The summed E-state index contributed by atoms with van der Waals surface area (Å²) in [6, 6.07) is 6.72. The van der Waals surface area contributed by atoms with Gasteiger partial charge in [-0.15, -0.1) is 11.3 Å². The lowest BCUT2D eigenvalue weighted by Crippen LogP contribution is -2.52. The minimum Gasteiger partial charge on any atom is -0.453 e. The van der Waals surface area contributed by atoms with Crippen molar-refractivity contribution in [2.75, 3.05) is 40.5 Å². The zero-order chi connectivity index (χ0) is 40.5. The van der Waals surface area contributed by atoms with E-state index in [-0.39, 0.29) is 35.7 Å². The first-order valence-corrected chi connectivity index (χ1v) is 21.2. The van der Waals surface area contributed by atoms with E-state index in [1.165, 1.54) is 35.1 Å². The van der Waals surface area contributed by atoms with Crippen molar-refractivity contribution in [2.45, 2.75) is 89.4 Å². The highest BCUT2D eigenvalue weighted by molar-refractivity contribution is 7.19. The monoisotopic (exact) mass is 812 g/mol. The highest BCUT2D eigenvalue weighted by atomic mass is 32.1. The van der Waals surface area contributed by atoms with Crippen LogP contribution in [-0.4, -0.2) is 106 Å². The number of amides is 4. The molecule has 1 aromatic carbocycles. The molecule has 4 N–H and O–H groups in total. The molecule has 8 rings (SSSR count). The number of H-pyrrole nitrogens is 2. The summed E-state index contributed by atoms with van der Waals surface area (Å²) in [6.07, 6.45) is 9.56. The number of aromatic nitrogens is 4. The Kier molecular flexibility index (Phi) is 11.6. The van der Waals surface area contributed by atoms with Gasteiger partial charge in [0.25, 0.3) is 0 Å². The predicted molar refractivity (Wildman–Crippen MR) is 217 cm³/mol. The van der Waals surface area contributed by atoms with Crippen LogP contribution in [0.15, 0.2) is 36.7 Å². The van der Waals surface area contributed by atoms with Crippen LogP contribution in [0, 0.1) is 11.8 Å². The molecule has 0 radical (unpaired) electrons. The molecule has 2 unspecified atom stereocenters. The van der Waals surface area contributed by atoms with Gasteiger partial charge in [-0.3, -0.25) is 9.59 Å². The maximum absolute atomic E-state index is 13.9. The number of aromatic amines is 2. The van der Waals surface area contributed by atoms with Gasteiger partial charge in [0.05, 0.1) is 61.6 Å². The number of nitrogens with zero attached hydrogens (tertiary/aromatic N) is 4. The van der Waals surface area contributed by atoms with E-state index in [0.717, 1.165) is 79.1 Å². The van der Waals surface area contributed by atoms with Crippen molar-refractivity contribution >= 4 is 35.3 Å². The van der Waals surface area contributed by atoms with Crippen molar-refractivity contribution in [1.29, 1.82) is 0 Å². The Balaban J connectivity index is 0.981. The number of carbonyl (C=O) groups excluding carboxylic acids is 4. The van der Waals surface area contributed by atoms with Crippen molar-refractivity contribution < 1.29 is 33.4 Å². The Bertz CT molecular complexity index is 2140. The van der Waals surface area contributed by atoms with Gasteiger partial charge in [0, 0.05) is 30.5 Å².